The van der Waals surface area contributed by atoms with Gasteiger partial charge in [-0.2, -0.15) is 0 Å². The fourth-order valence-electron chi connectivity index (χ4n) is 4.49. The van der Waals surface area contributed by atoms with Gasteiger partial charge < -0.3 is 9.72 Å². The third-order valence-electron chi connectivity index (χ3n) is 6.21. The van der Waals surface area contributed by atoms with Gasteiger partial charge in [0.25, 0.3) is 0 Å². The smallest absolute Gasteiger partial charge is 0.243 e. The molecule has 166 valence electrons. The number of aromatic amines is 1. The summed E-state index contributed by atoms with van der Waals surface area (Å²) in [6.07, 6.45) is 1.77. The van der Waals surface area contributed by atoms with Crippen molar-refractivity contribution in [2.45, 2.75) is 4.90 Å². The second-order valence-corrected chi connectivity index (χ2v) is 10.4. The van der Waals surface area contributed by atoms with Gasteiger partial charge in [0, 0.05) is 55.7 Å². The minimum absolute atomic E-state index is 0.331. The molecule has 0 bridgehead atoms. The largest absolute Gasteiger partial charge is 0.492 e. The first kappa shape index (κ1) is 21.0. The summed E-state index contributed by atoms with van der Waals surface area (Å²) in [4.78, 5) is 5.75. The second-order valence-electron chi connectivity index (χ2n) is 8.43. The lowest BCUT2D eigenvalue weighted by Crippen LogP contribution is -2.52. The summed E-state index contributed by atoms with van der Waals surface area (Å²) in [5.74, 6) is 1.24. The molecule has 0 aliphatic carbocycles. The fourth-order valence-corrected chi connectivity index (χ4v) is 5.94. The number of H-pyrrole nitrogens is 1. The molecule has 0 saturated carbocycles. The number of sulfonamides is 1. The first-order valence-electron chi connectivity index (χ1n) is 10.9. The van der Waals surface area contributed by atoms with Crippen LogP contribution >= 0.6 is 0 Å². The molecule has 1 aliphatic heterocycles. The van der Waals surface area contributed by atoms with E-state index in [1.165, 1.54) is 9.69 Å². The molecule has 0 spiro atoms. The molecule has 0 unspecified atom stereocenters. The average Bonchev–Trinajstić information content (AvgIpc) is 3.26. The molecular formula is C25H27N3O3S. The number of aromatic nitrogens is 1. The molecule has 0 amide bonds. The minimum Gasteiger partial charge on any atom is -0.492 e. The summed E-state index contributed by atoms with van der Waals surface area (Å²) in [7, 11) is -1.85. The number of likely N-dealkylation sites (tertiary alicyclic amines) is 1. The number of benzene rings is 3. The van der Waals surface area contributed by atoms with Gasteiger partial charge in [0.15, 0.2) is 0 Å². The Bertz CT molecular complexity index is 1340. The Morgan fingerprint density at radius 1 is 1.00 bits per heavy atom. The summed E-state index contributed by atoms with van der Waals surface area (Å²) in [6.45, 7) is 3.73. The molecule has 1 N–H and O–H groups in total. The number of rotatable bonds is 8. The van der Waals surface area contributed by atoms with Crippen LogP contribution in [0.2, 0.25) is 0 Å². The van der Waals surface area contributed by atoms with E-state index in [2.05, 4.69) is 28.1 Å². The van der Waals surface area contributed by atoms with Crippen LogP contribution in [0.3, 0.4) is 0 Å². The predicted molar refractivity (Wildman–Crippen MR) is 127 cm³/mol. The van der Waals surface area contributed by atoms with Crippen LogP contribution in [0.4, 0.5) is 0 Å². The van der Waals surface area contributed by atoms with Crippen LogP contribution in [-0.2, 0) is 10.0 Å². The number of ether oxygens (including phenoxy) is 1. The molecule has 6 nitrogen and oxygen atoms in total. The van der Waals surface area contributed by atoms with Gasteiger partial charge in [-0.3, -0.25) is 4.90 Å². The van der Waals surface area contributed by atoms with Crippen LogP contribution in [0.5, 0.6) is 5.75 Å². The lowest BCUT2D eigenvalue weighted by Gasteiger charge is -2.40. The highest BCUT2D eigenvalue weighted by Gasteiger charge is 2.31. The van der Waals surface area contributed by atoms with Crippen molar-refractivity contribution in [3.63, 3.8) is 0 Å². The topological polar surface area (TPSA) is 65.6 Å². The quantitative estimate of drug-likeness (QED) is 0.442. The summed E-state index contributed by atoms with van der Waals surface area (Å²) >= 11 is 0. The highest BCUT2D eigenvalue weighted by atomic mass is 32.2. The van der Waals surface area contributed by atoms with Crippen LogP contribution < -0.4 is 4.74 Å². The van der Waals surface area contributed by atoms with Gasteiger partial charge >= 0.3 is 0 Å². The first-order valence-corrected chi connectivity index (χ1v) is 12.3. The van der Waals surface area contributed by atoms with Crippen LogP contribution in [0.1, 0.15) is 0 Å². The first-order chi connectivity index (χ1) is 15.5. The van der Waals surface area contributed by atoms with Crippen molar-refractivity contribution in [3.05, 3.63) is 72.9 Å². The van der Waals surface area contributed by atoms with Gasteiger partial charge in [-0.1, -0.05) is 42.5 Å². The fraction of sp³-hybridized carbons (Fsp3) is 0.280. The van der Waals surface area contributed by atoms with E-state index < -0.39 is 10.0 Å². The minimum atomic E-state index is -3.53. The second kappa shape index (κ2) is 8.58. The van der Waals surface area contributed by atoms with E-state index in [-0.39, 0.29) is 0 Å². The van der Waals surface area contributed by atoms with Gasteiger partial charge in [-0.05, 0) is 35.6 Å². The van der Waals surface area contributed by atoms with E-state index in [1.54, 1.807) is 25.4 Å². The molecule has 1 aromatic heterocycles. The van der Waals surface area contributed by atoms with E-state index in [9.17, 15) is 8.42 Å². The molecule has 0 atom stereocenters. The van der Waals surface area contributed by atoms with Crippen LogP contribution in [0.25, 0.3) is 21.7 Å². The number of nitrogens with one attached hydrogen (secondary N) is 1. The monoisotopic (exact) mass is 449 g/mol. The average molecular weight is 450 g/mol. The van der Waals surface area contributed by atoms with Gasteiger partial charge in [0.2, 0.25) is 10.0 Å². The van der Waals surface area contributed by atoms with Gasteiger partial charge in [0.1, 0.15) is 12.4 Å². The summed E-state index contributed by atoms with van der Waals surface area (Å²) in [6, 6.07) is 21.5. The molecule has 0 radical (unpaired) electrons. The van der Waals surface area contributed by atoms with E-state index in [1.807, 2.05) is 36.4 Å². The van der Waals surface area contributed by atoms with E-state index in [0.717, 1.165) is 41.7 Å². The molecule has 32 heavy (non-hydrogen) atoms. The van der Waals surface area contributed by atoms with Crippen molar-refractivity contribution in [1.29, 1.82) is 0 Å². The molecular weight excluding hydrogens is 422 g/mol. The maximum Gasteiger partial charge on any atom is 0.243 e. The molecule has 2 heterocycles. The van der Waals surface area contributed by atoms with Crippen LogP contribution in [-0.4, -0.2) is 62.4 Å². The van der Waals surface area contributed by atoms with Crippen molar-refractivity contribution in [1.82, 2.24) is 14.2 Å². The van der Waals surface area contributed by atoms with E-state index in [0.29, 0.717) is 24.0 Å². The van der Waals surface area contributed by atoms with Crippen LogP contribution in [0, 0.1) is 5.92 Å². The highest BCUT2D eigenvalue weighted by molar-refractivity contribution is 7.89. The Labute approximate surface area is 188 Å². The normalized spacial score (nSPS) is 15.4. The molecule has 7 heteroatoms. The maximum absolute atomic E-state index is 13.1. The maximum atomic E-state index is 13.1. The van der Waals surface area contributed by atoms with Crippen molar-refractivity contribution in [2.75, 3.05) is 39.8 Å². The summed E-state index contributed by atoms with van der Waals surface area (Å²) in [5, 5.41) is 3.04. The Kier molecular flexibility index (Phi) is 5.63. The summed E-state index contributed by atoms with van der Waals surface area (Å²) < 4.78 is 33.8. The lowest BCUT2D eigenvalue weighted by atomic mass is 10.0. The Balaban J connectivity index is 1.13. The predicted octanol–water partition coefficient (Wildman–Crippen LogP) is 3.95. The zero-order valence-electron chi connectivity index (χ0n) is 18.1. The van der Waals surface area contributed by atoms with Crippen molar-refractivity contribution in [3.8, 4) is 5.75 Å². The third-order valence-corrected chi connectivity index (χ3v) is 8.09. The Hall–Kier alpha value is -2.87. The van der Waals surface area contributed by atoms with Crippen molar-refractivity contribution >= 4 is 31.7 Å². The SMILES string of the molecule is CN(CC1CN(CCOc2cccc3ccccc23)C1)S(=O)(=O)c1cccc2[nH]ccc12. The molecule has 5 rings (SSSR count). The van der Waals surface area contributed by atoms with Crippen LogP contribution in [0.15, 0.2) is 77.8 Å². The zero-order valence-corrected chi connectivity index (χ0v) is 18.9. The number of hydrogen-bond acceptors (Lipinski definition) is 4. The molecule has 1 saturated heterocycles. The standard InChI is InChI=1S/C25H27N3O3S/c1-27(32(29,30)25-11-5-9-23-22(25)12-13-26-23)16-19-17-28(18-19)14-15-31-24-10-4-7-20-6-2-3-8-21(20)24/h2-13,19,26H,14-18H2,1H3. The zero-order chi connectivity index (χ0) is 22.1. The third kappa shape index (κ3) is 3.99. The lowest BCUT2D eigenvalue weighted by molar-refractivity contribution is 0.0739. The Morgan fingerprint density at radius 2 is 1.78 bits per heavy atom. The molecule has 4 aromatic rings. The molecule has 1 aliphatic rings. The van der Waals surface area contributed by atoms with Gasteiger partial charge in [-0.25, -0.2) is 12.7 Å². The van der Waals surface area contributed by atoms with E-state index in [4.69, 9.17) is 4.74 Å². The van der Waals surface area contributed by atoms with Gasteiger partial charge in [0.05, 0.1) is 4.90 Å². The Morgan fingerprint density at radius 3 is 2.66 bits per heavy atom. The number of nitrogens with zero attached hydrogens (tertiary/aromatic N) is 2. The number of hydrogen-bond donors (Lipinski definition) is 1. The molecule has 1 fully saturated rings. The highest BCUT2D eigenvalue weighted by Crippen LogP contribution is 2.27. The molecule has 3 aromatic carbocycles. The van der Waals surface area contributed by atoms with Gasteiger partial charge in [-0.15, -0.1) is 0 Å². The number of fused-ring (bicyclic) bond motifs is 2. The van der Waals surface area contributed by atoms with Crippen molar-refractivity contribution < 1.29 is 13.2 Å². The van der Waals surface area contributed by atoms with E-state index >= 15 is 0 Å². The summed E-state index contributed by atoms with van der Waals surface area (Å²) in [5.41, 5.74) is 0.834. The van der Waals surface area contributed by atoms with Crippen molar-refractivity contribution in [2.24, 2.45) is 5.92 Å².